The number of amides is 1. The minimum absolute atomic E-state index is 0.157. The second kappa shape index (κ2) is 7.13. The maximum absolute atomic E-state index is 12.8. The summed E-state index contributed by atoms with van der Waals surface area (Å²) in [6.45, 7) is 1.77. The third-order valence-electron chi connectivity index (χ3n) is 4.39. The zero-order valence-electron chi connectivity index (χ0n) is 14.1. The Labute approximate surface area is 147 Å². The Morgan fingerprint density at radius 2 is 1.88 bits per heavy atom. The molecule has 1 heterocycles. The number of nitrogens with zero attached hydrogens (tertiary/aromatic N) is 1. The molecule has 1 aromatic rings. The van der Waals surface area contributed by atoms with Crippen LogP contribution >= 0.6 is 0 Å². The van der Waals surface area contributed by atoms with E-state index in [1.54, 1.807) is 12.1 Å². The van der Waals surface area contributed by atoms with Crippen molar-refractivity contribution in [3.63, 3.8) is 0 Å². The number of aryl methyl sites for hydroxylation is 1. The zero-order valence-corrected chi connectivity index (χ0v) is 14.9. The van der Waals surface area contributed by atoms with Crippen molar-refractivity contribution < 1.29 is 22.7 Å². The number of hydrogen-bond donors (Lipinski definition) is 1. The van der Waals surface area contributed by atoms with Crippen LogP contribution in [0.15, 0.2) is 29.2 Å². The van der Waals surface area contributed by atoms with Gasteiger partial charge in [0, 0.05) is 12.6 Å². The number of ether oxygens (including phenoxy) is 1. The van der Waals surface area contributed by atoms with Crippen LogP contribution in [0.2, 0.25) is 0 Å². The van der Waals surface area contributed by atoms with Gasteiger partial charge in [-0.15, -0.1) is 0 Å². The van der Waals surface area contributed by atoms with Crippen molar-refractivity contribution in [1.82, 2.24) is 9.62 Å². The quantitative estimate of drug-likeness (QED) is 0.758. The van der Waals surface area contributed by atoms with E-state index in [-0.39, 0.29) is 30.0 Å². The number of carbonyl (C=O) groups is 2. The third kappa shape index (κ3) is 4.19. The second-order valence-electron chi connectivity index (χ2n) is 6.54. The largest absolute Gasteiger partial charge is 0.454 e. The molecule has 1 aliphatic heterocycles. The molecule has 1 amide bonds. The first-order chi connectivity index (χ1) is 11.9. The molecule has 0 bridgehead atoms. The van der Waals surface area contributed by atoms with Crippen LogP contribution in [0.5, 0.6) is 0 Å². The van der Waals surface area contributed by atoms with E-state index in [1.165, 1.54) is 16.4 Å². The molecule has 136 valence electrons. The molecule has 0 aromatic heterocycles. The Morgan fingerprint density at radius 3 is 2.52 bits per heavy atom. The molecule has 1 saturated heterocycles. The van der Waals surface area contributed by atoms with Gasteiger partial charge in [-0.25, -0.2) is 8.42 Å². The number of benzene rings is 1. The predicted octanol–water partition coefficient (Wildman–Crippen LogP) is 0.970. The van der Waals surface area contributed by atoms with Crippen LogP contribution in [-0.4, -0.2) is 49.8 Å². The fraction of sp³-hybridized carbons (Fsp3) is 0.529. The molecule has 3 rings (SSSR count). The third-order valence-corrected chi connectivity index (χ3v) is 6.31. The van der Waals surface area contributed by atoms with Gasteiger partial charge >= 0.3 is 5.97 Å². The van der Waals surface area contributed by atoms with Gasteiger partial charge in [-0.2, -0.15) is 4.31 Å². The van der Waals surface area contributed by atoms with Crippen molar-refractivity contribution in [3.05, 3.63) is 29.8 Å². The fourth-order valence-electron chi connectivity index (χ4n) is 2.84. The monoisotopic (exact) mass is 366 g/mol. The van der Waals surface area contributed by atoms with Crippen molar-refractivity contribution in [1.29, 1.82) is 0 Å². The zero-order chi connectivity index (χ0) is 18.0. The highest BCUT2D eigenvalue weighted by Gasteiger charge is 2.40. The van der Waals surface area contributed by atoms with E-state index in [1.807, 2.05) is 6.92 Å². The summed E-state index contributed by atoms with van der Waals surface area (Å²) in [5, 5.41) is 2.72. The van der Waals surface area contributed by atoms with Crippen molar-refractivity contribution in [3.8, 4) is 0 Å². The van der Waals surface area contributed by atoms with Gasteiger partial charge in [0.1, 0.15) is 6.04 Å². The SMILES string of the molecule is Cc1ccc(S(=O)(=O)N2CCC[C@H]2C(=O)OCC(=O)NC2CC2)cc1. The lowest BCUT2D eigenvalue weighted by Gasteiger charge is -2.22. The van der Waals surface area contributed by atoms with E-state index in [2.05, 4.69) is 5.32 Å². The van der Waals surface area contributed by atoms with E-state index in [0.717, 1.165) is 18.4 Å². The van der Waals surface area contributed by atoms with Crippen LogP contribution in [0, 0.1) is 6.92 Å². The Kier molecular flexibility index (Phi) is 5.10. The summed E-state index contributed by atoms with van der Waals surface area (Å²) in [6, 6.07) is 5.83. The van der Waals surface area contributed by atoms with Crippen LogP contribution < -0.4 is 5.32 Å². The van der Waals surface area contributed by atoms with Crippen molar-refractivity contribution in [2.45, 2.75) is 49.6 Å². The highest BCUT2D eigenvalue weighted by Crippen LogP contribution is 2.27. The lowest BCUT2D eigenvalue weighted by Crippen LogP contribution is -2.42. The topological polar surface area (TPSA) is 92.8 Å². The minimum Gasteiger partial charge on any atom is -0.454 e. The maximum atomic E-state index is 12.8. The summed E-state index contributed by atoms with van der Waals surface area (Å²) in [7, 11) is -3.77. The fourth-order valence-corrected chi connectivity index (χ4v) is 4.49. The maximum Gasteiger partial charge on any atom is 0.324 e. The number of nitrogens with one attached hydrogen (secondary N) is 1. The minimum atomic E-state index is -3.77. The number of sulfonamides is 1. The lowest BCUT2D eigenvalue weighted by atomic mass is 10.2. The molecular weight excluding hydrogens is 344 g/mol. The van der Waals surface area contributed by atoms with E-state index in [4.69, 9.17) is 4.74 Å². The van der Waals surface area contributed by atoms with Crippen LogP contribution in [0.1, 0.15) is 31.2 Å². The van der Waals surface area contributed by atoms with Gasteiger partial charge in [-0.05, 0) is 44.7 Å². The standard InChI is InChI=1S/C17H22N2O5S/c1-12-4-8-14(9-5-12)25(22,23)19-10-2-3-15(19)17(21)24-11-16(20)18-13-6-7-13/h4-5,8-9,13,15H,2-3,6-7,10-11H2,1H3,(H,18,20)/t15-/m0/s1. The van der Waals surface area contributed by atoms with E-state index in [0.29, 0.717) is 12.8 Å². The second-order valence-corrected chi connectivity index (χ2v) is 8.43. The highest BCUT2D eigenvalue weighted by atomic mass is 32.2. The van der Waals surface area contributed by atoms with Gasteiger partial charge in [0.25, 0.3) is 5.91 Å². The number of esters is 1. The molecule has 2 aliphatic rings. The molecule has 1 atom stereocenters. The van der Waals surface area contributed by atoms with E-state index in [9.17, 15) is 18.0 Å². The Hall–Kier alpha value is -1.93. The van der Waals surface area contributed by atoms with Crippen LogP contribution in [0.3, 0.4) is 0 Å². The van der Waals surface area contributed by atoms with Crippen LogP contribution in [-0.2, 0) is 24.3 Å². The van der Waals surface area contributed by atoms with Gasteiger partial charge < -0.3 is 10.1 Å². The number of carbonyl (C=O) groups excluding carboxylic acids is 2. The molecule has 0 radical (unpaired) electrons. The first-order valence-corrected chi connectivity index (χ1v) is 9.86. The summed E-state index contributed by atoms with van der Waals surface area (Å²) in [5.41, 5.74) is 0.956. The van der Waals surface area contributed by atoms with Gasteiger partial charge in [0.2, 0.25) is 10.0 Å². The molecular formula is C17H22N2O5S. The Balaban J connectivity index is 1.65. The van der Waals surface area contributed by atoms with Crippen LogP contribution in [0.4, 0.5) is 0 Å². The average molecular weight is 366 g/mol. The molecule has 7 nitrogen and oxygen atoms in total. The lowest BCUT2D eigenvalue weighted by molar-refractivity contribution is -0.151. The molecule has 1 aromatic carbocycles. The molecule has 1 saturated carbocycles. The van der Waals surface area contributed by atoms with Gasteiger partial charge in [0.05, 0.1) is 4.90 Å². The summed E-state index contributed by atoms with van der Waals surface area (Å²) in [4.78, 5) is 24.1. The van der Waals surface area contributed by atoms with Gasteiger partial charge in [0.15, 0.2) is 6.61 Å². The Morgan fingerprint density at radius 1 is 1.20 bits per heavy atom. The molecule has 2 fully saturated rings. The molecule has 1 aliphatic carbocycles. The molecule has 25 heavy (non-hydrogen) atoms. The molecule has 8 heteroatoms. The van der Waals surface area contributed by atoms with Crippen molar-refractivity contribution >= 4 is 21.9 Å². The summed E-state index contributed by atoms with van der Waals surface area (Å²) in [6.07, 6.45) is 2.88. The molecule has 0 spiro atoms. The van der Waals surface area contributed by atoms with Crippen molar-refractivity contribution in [2.24, 2.45) is 0 Å². The summed E-state index contributed by atoms with van der Waals surface area (Å²) < 4.78 is 31.8. The first kappa shape index (κ1) is 17.9. The summed E-state index contributed by atoms with van der Waals surface area (Å²) >= 11 is 0. The van der Waals surface area contributed by atoms with Crippen LogP contribution in [0.25, 0.3) is 0 Å². The average Bonchev–Trinajstić information content (AvgIpc) is 3.24. The molecule has 1 N–H and O–H groups in total. The Bertz CT molecular complexity index is 756. The van der Waals surface area contributed by atoms with E-state index < -0.39 is 22.0 Å². The van der Waals surface area contributed by atoms with E-state index >= 15 is 0 Å². The molecule has 0 unspecified atom stereocenters. The number of rotatable bonds is 6. The van der Waals surface area contributed by atoms with Crippen molar-refractivity contribution in [2.75, 3.05) is 13.2 Å². The summed E-state index contributed by atoms with van der Waals surface area (Å²) in [5.74, 6) is -1.01. The van der Waals surface area contributed by atoms with Gasteiger partial charge in [-0.1, -0.05) is 17.7 Å². The first-order valence-electron chi connectivity index (χ1n) is 8.42. The predicted molar refractivity (Wildman–Crippen MR) is 90.2 cm³/mol. The normalized spacial score (nSPS) is 21.1. The van der Waals surface area contributed by atoms with Gasteiger partial charge in [-0.3, -0.25) is 9.59 Å². The highest BCUT2D eigenvalue weighted by molar-refractivity contribution is 7.89. The number of hydrogen-bond acceptors (Lipinski definition) is 5. The smallest absolute Gasteiger partial charge is 0.324 e.